The van der Waals surface area contributed by atoms with E-state index in [1.165, 1.54) is 11.1 Å². The summed E-state index contributed by atoms with van der Waals surface area (Å²) in [5, 5.41) is 7.18. The molecule has 1 saturated heterocycles. The fourth-order valence-electron chi connectivity index (χ4n) is 5.33. The van der Waals surface area contributed by atoms with Gasteiger partial charge in [-0.15, -0.1) is 0 Å². The molecule has 0 bridgehead atoms. The minimum atomic E-state index is 0.144. The summed E-state index contributed by atoms with van der Waals surface area (Å²) in [5.74, 6) is 2.03. The number of guanidine groups is 1. The van der Waals surface area contributed by atoms with Crippen LogP contribution in [-0.4, -0.2) is 71.2 Å². The Morgan fingerprint density at radius 2 is 1.39 bits per heavy atom. The van der Waals surface area contributed by atoms with Gasteiger partial charge in [-0.3, -0.25) is 10.2 Å². The number of piperazine rings is 1. The number of benzene rings is 3. The Morgan fingerprint density at radius 1 is 0.818 bits per heavy atom. The van der Waals surface area contributed by atoms with Crippen LogP contribution in [0.4, 0.5) is 11.6 Å². The Bertz CT molecular complexity index is 1550. The monoisotopic (exact) mass is 629 g/mol. The van der Waals surface area contributed by atoms with E-state index in [9.17, 15) is 0 Å². The van der Waals surface area contributed by atoms with Crippen molar-refractivity contribution in [3.05, 3.63) is 106 Å². The van der Waals surface area contributed by atoms with Crippen LogP contribution in [-0.2, 0) is 0 Å². The molecule has 0 atom stereocenters. The van der Waals surface area contributed by atoms with Crippen molar-refractivity contribution in [1.82, 2.24) is 19.8 Å². The van der Waals surface area contributed by atoms with Gasteiger partial charge in [0, 0.05) is 49.7 Å². The molecular weight excluding hydrogens is 594 g/mol. The van der Waals surface area contributed by atoms with E-state index in [2.05, 4.69) is 91.1 Å². The third-order valence-corrected chi connectivity index (χ3v) is 7.83. The quantitative estimate of drug-likeness (QED) is 0.138. The van der Waals surface area contributed by atoms with E-state index < -0.39 is 0 Å². The van der Waals surface area contributed by atoms with Crippen LogP contribution in [0.25, 0.3) is 0 Å². The van der Waals surface area contributed by atoms with Crippen LogP contribution in [0.2, 0.25) is 5.02 Å². The minimum absolute atomic E-state index is 0.144. The van der Waals surface area contributed by atoms with Crippen molar-refractivity contribution in [1.29, 1.82) is 0 Å². The molecule has 2 N–H and O–H groups in total. The van der Waals surface area contributed by atoms with Crippen molar-refractivity contribution in [2.75, 3.05) is 51.0 Å². The largest absolute Gasteiger partial charge is 0.495 e. The van der Waals surface area contributed by atoms with Crippen LogP contribution < -0.4 is 20.1 Å². The Kier molecular flexibility index (Phi) is 10.3. The van der Waals surface area contributed by atoms with Crippen molar-refractivity contribution in [3.63, 3.8) is 0 Å². The first-order chi connectivity index (χ1) is 21.3. The Hall–Kier alpha value is -4.25. The molecule has 44 heavy (non-hydrogen) atoms. The smallest absolute Gasteiger partial charge is 0.229 e. The molecule has 1 fully saturated rings. The molecule has 228 valence electrons. The highest BCUT2D eigenvalue weighted by Gasteiger charge is 2.28. The number of nitrogens with zero attached hydrogens (tertiary/aromatic N) is 5. The summed E-state index contributed by atoms with van der Waals surface area (Å²) < 4.78 is 10.9. The van der Waals surface area contributed by atoms with Crippen LogP contribution in [0.3, 0.4) is 0 Å². The van der Waals surface area contributed by atoms with Crippen LogP contribution >= 0.6 is 23.8 Å². The Balaban J connectivity index is 1.40. The molecule has 0 radical (unpaired) electrons. The molecular formula is C33H36ClN7O2S. The zero-order chi connectivity index (χ0) is 31.1. The summed E-state index contributed by atoms with van der Waals surface area (Å²) in [6.45, 7) is 6.93. The third kappa shape index (κ3) is 7.63. The van der Waals surface area contributed by atoms with E-state index in [0.717, 1.165) is 24.5 Å². The minimum Gasteiger partial charge on any atom is -0.495 e. The summed E-state index contributed by atoms with van der Waals surface area (Å²) in [6, 6.07) is 26.8. The van der Waals surface area contributed by atoms with Gasteiger partial charge in [-0.2, -0.15) is 4.99 Å². The first kappa shape index (κ1) is 31.2. The van der Waals surface area contributed by atoms with E-state index in [4.69, 9.17) is 38.3 Å². The summed E-state index contributed by atoms with van der Waals surface area (Å²) >= 11 is 12.0. The van der Waals surface area contributed by atoms with Gasteiger partial charge in [-0.25, -0.2) is 9.97 Å². The second-order valence-corrected chi connectivity index (χ2v) is 11.2. The maximum Gasteiger partial charge on any atom is 0.229 e. The molecule has 1 aromatic heterocycles. The summed E-state index contributed by atoms with van der Waals surface area (Å²) in [7, 11) is 3.12. The van der Waals surface area contributed by atoms with Crippen LogP contribution in [0, 0.1) is 13.8 Å². The van der Waals surface area contributed by atoms with Gasteiger partial charge in [0.15, 0.2) is 0 Å². The molecule has 4 aromatic rings. The molecule has 0 saturated carbocycles. The van der Waals surface area contributed by atoms with E-state index in [-0.39, 0.29) is 11.2 Å². The average Bonchev–Trinajstić information content (AvgIpc) is 3.02. The van der Waals surface area contributed by atoms with Gasteiger partial charge >= 0.3 is 0 Å². The molecule has 9 nitrogen and oxygen atoms in total. The molecule has 0 aliphatic carbocycles. The molecule has 3 aromatic carbocycles. The number of aromatic nitrogens is 2. The lowest BCUT2D eigenvalue weighted by atomic mass is 9.96. The van der Waals surface area contributed by atoms with E-state index in [0.29, 0.717) is 47.2 Å². The van der Waals surface area contributed by atoms with Gasteiger partial charge in [0.05, 0.1) is 31.0 Å². The lowest BCUT2D eigenvalue weighted by molar-refractivity contribution is 0.150. The molecule has 0 unspecified atom stereocenters. The topological polar surface area (TPSA) is 87.1 Å². The summed E-state index contributed by atoms with van der Waals surface area (Å²) in [4.78, 5) is 18.7. The highest BCUT2D eigenvalue weighted by atomic mass is 35.5. The van der Waals surface area contributed by atoms with Crippen molar-refractivity contribution >= 4 is 46.5 Å². The lowest BCUT2D eigenvalue weighted by Crippen LogP contribution is -2.52. The first-order valence-electron chi connectivity index (χ1n) is 14.3. The number of nitrogens with one attached hydrogen (secondary N) is 2. The molecule has 2 heterocycles. The zero-order valence-electron chi connectivity index (χ0n) is 25.3. The van der Waals surface area contributed by atoms with Gasteiger partial charge in [0.2, 0.25) is 17.0 Å². The van der Waals surface area contributed by atoms with Gasteiger partial charge in [0.1, 0.15) is 11.5 Å². The van der Waals surface area contributed by atoms with Crippen molar-refractivity contribution < 1.29 is 9.47 Å². The predicted octanol–water partition coefficient (Wildman–Crippen LogP) is 6.34. The number of aliphatic imine (C=N–C) groups is 1. The highest BCUT2D eigenvalue weighted by Crippen LogP contribution is 2.36. The zero-order valence-corrected chi connectivity index (χ0v) is 26.8. The number of hydrogen-bond acceptors (Lipinski definition) is 6. The fraction of sp³-hybridized carbons (Fsp3) is 0.273. The maximum absolute atomic E-state index is 6.30. The Morgan fingerprint density at radius 3 is 1.93 bits per heavy atom. The molecule has 0 amide bonds. The fourth-order valence-corrected chi connectivity index (χ4v) is 5.76. The number of anilines is 2. The SMILES string of the molecule is COc1cc(NC(=S)/N=C(\Nc2nc(C)cc(C)n2)N2CCN(C(c3ccccc3)c3ccccc3)CC2)c(OC)cc1Cl. The highest BCUT2D eigenvalue weighted by molar-refractivity contribution is 7.80. The van der Waals surface area contributed by atoms with Crippen molar-refractivity contribution in [2.45, 2.75) is 19.9 Å². The molecule has 0 spiro atoms. The van der Waals surface area contributed by atoms with Gasteiger partial charge in [-0.1, -0.05) is 72.3 Å². The number of thiocarbonyl (C=S) groups is 1. The van der Waals surface area contributed by atoms with E-state index in [1.807, 2.05) is 19.9 Å². The average molecular weight is 630 g/mol. The summed E-state index contributed by atoms with van der Waals surface area (Å²) in [6.07, 6.45) is 0. The maximum atomic E-state index is 6.30. The molecule has 5 rings (SSSR count). The molecule has 1 aliphatic heterocycles. The summed E-state index contributed by atoms with van der Waals surface area (Å²) in [5.41, 5.74) is 4.83. The number of rotatable bonds is 7. The van der Waals surface area contributed by atoms with Gasteiger partial charge < -0.3 is 19.7 Å². The lowest BCUT2D eigenvalue weighted by Gasteiger charge is -2.40. The van der Waals surface area contributed by atoms with E-state index >= 15 is 0 Å². The van der Waals surface area contributed by atoms with Crippen LogP contribution in [0.1, 0.15) is 28.6 Å². The number of hydrogen-bond donors (Lipinski definition) is 2. The van der Waals surface area contributed by atoms with E-state index in [1.54, 1.807) is 26.4 Å². The second kappa shape index (κ2) is 14.5. The van der Waals surface area contributed by atoms with Crippen LogP contribution in [0.15, 0.2) is 83.9 Å². The van der Waals surface area contributed by atoms with Gasteiger partial charge in [-0.05, 0) is 43.3 Å². The molecule has 1 aliphatic rings. The molecule has 11 heteroatoms. The first-order valence-corrected chi connectivity index (χ1v) is 15.1. The van der Waals surface area contributed by atoms with Crippen molar-refractivity contribution in [3.8, 4) is 11.5 Å². The number of aryl methyl sites for hydroxylation is 2. The van der Waals surface area contributed by atoms with Crippen LogP contribution in [0.5, 0.6) is 11.5 Å². The number of ether oxygens (including phenoxy) is 2. The normalized spacial score (nSPS) is 14.0. The number of halogens is 1. The Labute approximate surface area is 268 Å². The second-order valence-electron chi connectivity index (χ2n) is 10.4. The predicted molar refractivity (Wildman–Crippen MR) is 181 cm³/mol. The standard InChI is InChI=1S/C33H36ClN7O2S/c1-22-19-23(2)36-31(35-22)38-32(39-33(44)37-27-21-28(42-3)26(34)20-29(27)43-4)41-17-15-40(16-18-41)30(24-11-7-5-8-12-24)25-13-9-6-10-14-25/h5-14,19-21,30H,15-18H2,1-4H3,(H2,35,36,37,38,39,44). The van der Waals surface area contributed by atoms with Gasteiger partial charge in [0.25, 0.3) is 0 Å². The third-order valence-electron chi connectivity index (χ3n) is 7.34. The van der Waals surface area contributed by atoms with Crippen molar-refractivity contribution in [2.24, 2.45) is 4.99 Å². The number of methoxy groups -OCH3 is 2.